The molecule has 248 valence electrons. The smallest absolute Gasteiger partial charge is 0.329 e. The zero-order valence-corrected chi connectivity index (χ0v) is 31.0. The van der Waals surface area contributed by atoms with Crippen LogP contribution in [0.5, 0.6) is 0 Å². The average molecular weight is 687 g/mol. The first-order chi connectivity index (χ1) is 25.1. The van der Waals surface area contributed by atoms with Gasteiger partial charge in [-0.3, -0.25) is 0 Å². The fraction of sp³-hybridized carbons (Fsp3) is 0.174. The van der Waals surface area contributed by atoms with Gasteiger partial charge in [-0.1, -0.05) is 126 Å². The van der Waals surface area contributed by atoms with E-state index in [1.54, 1.807) is 0 Å². The van der Waals surface area contributed by atoms with Gasteiger partial charge in [0.25, 0.3) is 6.71 Å². The number of para-hydroxylation sites is 2. The van der Waals surface area contributed by atoms with Crippen molar-refractivity contribution in [2.45, 2.75) is 62.2 Å². The summed E-state index contributed by atoms with van der Waals surface area (Å²) >= 11 is 1.88. The van der Waals surface area contributed by atoms with Gasteiger partial charge in [0.05, 0.1) is 10.6 Å². The fourth-order valence-corrected chi connectivity index (χ4v) is 10.9. The molecule has 0 unspecified atom stereocenters. The first-order valence-electron chi connectivity index (χ1n) is 18.5. The Kier molecular flexibility index (Phi) is 5.38. The number of hydrogen-bond donors (Lipinski definition) is 0. The standard InChI is InChI=1S/C46H35B2NO2S/c1-45(2,3)24-15-16-26-28-18-20-37-39-41(28)49-40-31(38-32(48(49)33(26)22-24)19-17-29-27-11-7-9-13-35(27)50-42(29)38)21-25(46(4,5)6)23-34(40)47(39)44-43(52-37)30-12-8-10-14-36(30)51-44/h7-23H,1-6H3. The van der Waals surface area contributed by atoms with Gasteiger partial charge >= 0.3 is 6.85 Å². The number of furan rings is 2. The molecule has 0 spiro atoms. The molecule has 0 saturated carbocycles. The second-order valence-corrected chi connectivity index (χ2v) is 18.3. The van der Waals surface area contributed by atoms with Crippen LogP contribution in [0.2, 0.25) is 0 Å². The van der Waals surface area contributed by atoms with Gasteiger partial charge in [0, 0.05) is 49.1 Å². The summed E-state index contributed by atoms with van der Waals surface area (Å²) in [6.07, 6.45) is 0. The second-order valence-electron chi connectivity index (χ2n) is 17.2. The maximum Gasteiger partial charge on any atom is 0.329 e. The molecular formula is C46H35B2NO2S. The Balaban J connectivity index is 1.29. The van der Waals surface area contributed by atoms with Crippen LogP contribution in [0.1, 0.15) is 52.7 Å². The van der Waals surface area contributed by atoms with Crippen molar-refractivity contribution in [1.82, 2.24) is 0 Å². The highest BCUT2D eigenvalue weighted by atomic mass is 32.2. The van der Waals surface area contributed by atoms with Crippen LogP contribution in [0.25, 0.3) is 55.2 Å². The monoisotopic (exact) mass is 687 g/mol. The molecule has 0 N–H and O–H groups in total. The van der Waals surface area contributed by atoms with E-state index in [-0.39, 0.29) is 24.4 Å². The lowest BCUT2D eigenvalue weighted by Gasteiger charge is -2.50. The molecule has 6 heteroatoms. The third-order valence-corrected chi connectivity index (χ3v) is 13.4. The molecule has 0 amide bonds. The summed E-state index contributed by atoms with van der Waals surface area (Å²) < 4.78 is 13.9. The first-order valence-corrected chi connectivity index (χ1v) is 19.3. The molecule has 0 saturated heterocycles. The zero-order valence-electron chi connectivity index (χ0n) is 30.1. The third-order valence-electron chi connectivity index (χ3n) is 12.2. The quantitative estimate of drug-likeness (QED) is 0.149. The highest BCUT2D eigenvalue weighted by molar-refractivity contribution is 8.00. The Morgan fingerprint density at radius 1 is 0.577 bits per heavy atom. The van der Waals surface area contributed by atoms with Crippen molar-refractivity contribution in [2.24, 2.45) is 0 Å². The van der Waals surface area contributed by atoms with Crippen LogP contribution in [0, 0.1) is 0 Å². The van der Waals surface area contributed by atoms with Gasteiger partial charge < -0.3 is 13.6 Å². The van der Waals surface area contributed by atoms with E-state index in [1.807, 2.05) is 11.8 Å². The lowest BCUT2D eigenvalue weighted by molar-refractivity contribution is 0.590. The summed E-state index contributed by atoms with van der Waals surface area (Å²) in [5, 5.41) is 3.53. The number of nitrogens with zero attached hydrogens (tertiary/aromatic N) is 1. The minimum Gasteiger partial charge on any atom is -0.469 e. The molecule has 8 aromatic rings. The Morgan fingerprint density at radius 2 is 1.29 bits per heavy atom. The van der Waals surface area contributed by atoms with Crippen molar-refractivity contribution in [3.05, 3.63) is 114 Å². The number of anilines is 2. The van der Waals surface area contributed by atoms with Gasteiger partial charge in [0.15, 0.2) is 0 Å². The molecule has 0 radical (unpaired) electrons. The molecular weight excluding hydrogens is 652 g/mol. The highest BCUT2D eigenvalue weighted by Gasteiger charge is 2.53. The number of fused-ring (bicyclic) bond motifs is 15. The Hall–Kier alpha value is -5.06. The average Bonchev–Trinajstić information content (AvgIpc) is 3.70. The molecule has 12 rings (SSSR count). The van der Waals surface area contributed by atoms with Crippen LogP contribution in [0.4, 0.5) is 11.4 Å². The van der Waals surface area contributed by atoms with E-state index in [0.29, 0.717) is 0 Å². The maximum absolute atomic E-state index is 6.98. The van der Waals surface area contributed by atoms with Crippen molar-refractivity contribution < 1.29 is 8.83 Å². The molecule has 52 heavy (non-hydrogen) atoms. The summed E-state index contributed by atoms with van der Waals surface area (Å²) in [4.78, 5) is 5.29. The van der Waals surface area contributed by atoms with Crippen molar-refractivity contribution in [3.63, 3.8) is 0 Å². The molecule has 0 bridgehead atoms. The molecule has 4 aliphatic heterocycles. The van der Waals surface area contributed by atoms with Crippen molar-refractivity contribution in [2.75, 3.05) is 4.81 Å². The predicted molar refractivity (Wildman–Crippen MR) is 221 cm³/mol. The van der Waals surface area contributed by atoms with Gasteiger partial charge in [-0.2, -0.15) is 0 Å². The van der Waals surface area contributed by atoms with E-state index < -0.39 is 0 Å². The minimum absolute atomic E-state index is 0.0113. The maximum atomic E-state index is 6.98. The largest absolute Gasteiger partial charge is 0.469 e. The lowest BCUT2D eigenvalue weighted by atomic mass is 9.32. The van der Waals surface area contributed by atoms with Gasteiger partial charge in [0.1, 0.15) is 16.7 Å². The van der Waals surface area contributed by atoms with E-state index in [1.165, 1.54) is 87.2 Å². The van der Waals surface area contributed by atoms with Crippen LogP contribution >= 0.6 is 11.8 Å². The lowest BCUT2D eigenvalue weighted by Crippen LogP contribution is -2.68. The van der Waals surface area contributed by atoms with Gasteiger partial charge in [-0.15, -0.1) is 0 Å². The normalized spacial score (nSPS) is 14.9. The van der Waals surface area contributed by atoms with Crippen molar-refractivity contribution in [1.29, 1.82) is 0 Å². The van der Waals surface area contributed by atoms with Crippen molar-refractivity contribution in [3.8, 4) is 22.3 Å². The van der Waals surface area contributed by atoms with Crippen molar-refractivity contribution >= 4 is 97.1 Å². The van der Waals surface area contributed by atoms with E-state index in [9.17, 15) is 0 Å². The van der Waals surface area contributed by atoms with Gasteiger partial charge in [0.2, 0.25) is 0 Å². The van der Waals surface area contributed by atoms with Crippen LogP contribution in [0.15, 0.2) is 122 Å². The Bertz CT molecular complexity index is 2940. The number of hydrogen-bond acceptors (Lipinski definition) is 4. The van der Waals surface area contributed by atoms with Crippen LogP contribution in [-0.4, -0.2) is 13.6 Å². The van der Waals surface area contributed by atoms with E-state index >= 15 is 0 Å². The summed E-state index contributed by atoms with van der Waals surface area (Å²) in [5.41, 5.74) is 19.6. The van der Waals surface area contributed by atoms with Gasteiger partial charge in [-0.05, 0) is 79.7 Å². The van der Waals surface area contributed by atoms with E-state index in [4.69, 9.17) is 8.83 Å². The molecule has 0 aliphatic carbocycles. The predicted octanol–water partition coefficient (Wildman–Crippen LogP) is 9.13. The molecule has 0 fully saturated rings. The topological polar surface area (TPSA) is 29.5 Å². The van der Waals surface area contributed by atoms with Gasteiger partial charge in [-0.25, -0.2) is 0 Å². The van der Waals surface area contributed by atoms with Crippen LogP contribution < -0.4 is 32.3 Å². The fourth-order valence-electron chi connectivity index (χ4n) is 9.70. The second kappa shape index (κ2) is 9.48. The summed E-state index contributed by atoms with van der Waals surface area (Å²) in [6, 6.07) is 38.8. The Labute approximate surface area is 308 Å². The molecule has 0 atom stereocenters. The zero-order chi connectivity index (χ0) is 35.0. The third kappa shape index (κ3) is 3.57. The Morgan fingerprint density at radius 3 is 2.08 bits per heavy atom. The van der Waals surface area contributed by atoms with E-state index in [0.717, 1.165) is 27.8 Å². The SMILES string of the molecule is CC(C)(C)c1ccc2c(c1)B1c3ccc4c(oc5ccccc54)c3-c3cc(C(C)(C)C)cc4c3N1c1c-2ccc2c1B4c1oc3ccccc3c1S2. The summed E-state index contributed by atoms with van der Waals surface area (Å²) in [7, 11) is 0. The molecule has 6 heterocycles. The summed E-state index contributed by atoms with van der Waals surface area (Å²) in [5.74, 6) is 0. The highest BCUT2D eigenvalue weighted by Crippen LogP contribution is 2.52. The first kappa shape index (κ1) is 29.5. The number of rotatable bonds is 0. The number of benzene rings is 6. The van der Waals surface area contributed by atoms with Crippen LogP contribution in [0.3, 0.4) is 0 Å². The minimum atomic E-state index is -0.0779. The molecule has 2 aromatic heterocycles. The summed E-state index contributed by atoms with van der Waals surface area (Å²) in [6.45, 7) is 13.9. The molecule has 3 nitrogen and oxygen atoms in total. The molecule has 4 aliphatic rings. The molecule has 6 aromatic carbocycles. The van der Waals surface area contributed by atoms with E-state index in [2.05, 4.69) is 149 Å². The van der Waals surface area contributed by atoms with Crippen LogP contribution in [-0.2, 0) is 10.8 Å².